The predicted octanol–water partition coefficient (Wildman–Crippen LogP) is 2.32. The normalized spacial score (nSPS) is 16.6. The van der Waals surface area contributed by atoms with E-state index in [0.29, 0.717) is 19.8 Å². The molecule has 1 aromatic heterocycles. The van der Waals surface area contributed by atoms with Gasteiger partial charge in [0.05, 0.1) is 36.4 Å². The molecular formula is C18H22FN3O2S. The van der Waals surface area contributed by atoms with E-state index in [1.165, 1.54) is 12.1 Å². The maximum absolute atomic E-state index is 13.2. The molecular weight excluding hydrogens is 341 g/mol. The fourth-order valence-electron chi connectivity index (χ4n) is 2.96. The molecule has 1 fully saturated rings. The van der Waals surface area contributed by atoms with Gasteiger partial charge in [-0.3, -0.25) is 9.69 Å². The van der Waals surface area contributed by atoms with Crippen molar-refractivity contribution in [1.82, 2.24) is 15.2 Å². The van der Waals surface area contributed by atoms with Gasteiger partial charge in [-0.15, -0.1) is 11.3 Å². The topological polar surface area (TPSA) is 54.5 Å². The Bertz CT molecular complexity index is 699. The first-order valence-corrected chi connectivity index (χ1v) is 9.25. The Balaban J connectivity index is 1.64. The number of amides is 1. The lowest BCUT2D eigenvalue weighted by atomic mass is 10.0. The van der Waals surface area contributed by atoms with Gasteiger partial charge >= 0.3 is 0 Å². The number of hydrogen-bond acceptors (Lipinski definition) is 5. The summed E-state index contributed by atoms with van der Waals surface area (Å²) in [7, 11) is 0. The molecule has 25 heavy (non-hydrogen) atoms. The fourth-order valence-corrected chi connectivity index (χ4v) is 3.57. The molecule has 0 aliphatic carbocycles. The summed E-state index contributed by atoms with van der Waals surface area (Å²) < 4.78 is 18.7. The van der Waals surface area contributed by atoms with Crippen LogP contribution in [0.15, 0.2) is 29.6 Å². The number of hydrogen-bond donors (Lipinski definition) is 1. The van der Waals surface area contributed by atoms with E-state index in [4.69, 9.17) is 4.74 Å². The second-order valence-corrected chi connectivity index (χ2v) is 7.12. The van der Waals surface area contributed by atoms with Crippen LogP contribution in [0.3, 0.4) is 0 Å². The average Bonchev–Trinajstić information content (AvgIpc) is 3.02. The molecule has 1 N–H and O–H groups in total. The summed E-state index contributed by atoms with van der Waals surface area (Å²) in [5, 5.41) is 5.87. The van der Waals surface area contributed by atoms with Gasteiger partial charge in [-0.1, -0.05) is 12.1 Å². The molecule has 1 aromatic carbocycles. The van der Waals surface area contributed by atoms with Crippen molar-refractivity contribution < 1.29 is 13.9 Å². The quantitative estimate of drug-likeness (QED) is 0.856. The highest BCUT2D eigenvalue weighted by Crippen LogP contribution is 2.21. The lowest BCUT2D eigenvalue weighted by Gasteiger charge is -2.35. The van der Waals surface area contributed by atoms with Gasteiger partial charge in [0.2, 0.25) is 5.91 Å². The van der Waals surface area contributed by atoms with Gasteiger partial charge in [-0.25, -0.2) is 9.37 Å². The largest absolute Gasteiger partial charge is 0.379 e. The summed E-state index contributed by atoms with van der Waals surface area (Å²) in [5.74, 6) is -0.307. The van der Waals surface area contributed by atoms with Crippen molar-refractivity contribution in [2.24, 2.45) is 0 Å². The number of ether oxygens (including phenoxy) is 1. The molecule has 1 aliphatic heterocycles. The Hall–Kier alpha value is -1.83. The summed E-state index contributed by atoms with van der Waals surface area (Å²) in [6.07, 6.45) is 0.281. The molecule has 134 valence electrons. The van der Waals surface area contributed by atoms with E-state index in [-0.39, 0.29) is 24.2 Å². The van der Waals surface area contributed by atoms with Crippen molar-refractivity contribution in [3.05, 3.63) is 51.7 Å². The molecule has 1 atom stereocenters. The molecule has 0 spiro atoms. The smallest absolute Gasteiger partial charge is 0.226 e. The molecule has 1 saturated heterocycles. The van der Waals surface area contributed by atoms with Crippen LogP contribution in [-0.4, -0.2) is 48.6 Å². The third-order valence-corrected chi connectivity index (χ3v) is 5.06. The highest BCUT2D eigenvalue weighted by Gasteiger charge is 2.23. The molecule has 1 unspecified atom stereocenters. The molecule has 1 aliphatic rings. The minimum Gasteiger partial charge on any atom is -0.379 e. The van der Waals surface area contributed by atoms with Crippen LogP contribution in [-0.2, 0) is 16.0 Å². The Morgan fingerprint density at radius 1 is 1.36 bits per heavy atom. The van der Waals surface area contributed by atoms with Crippen LogP contribution in [0.4, 0.5) is 4.39 Å². The van der Waals surface area contributed by atoms with Crippen LogP contribution in [0.2, 0.25) is 0 Å². The van der Waals surface area contributed by atoms with Crippen LogP contribution < -0.4 is 5.32 Å². The summed E-state index contributed by atoms with van der Waals surface area (Å²) in [4.78, 5) is 18.8. The number of rotatable bonds is 6. The van der Waals surface area contributed by atoms with Gasteiger partial charge in [-0.05, 0) is 24.6 Å². The van der Waals surface area contributed by atoms with Crippen LogP contribution in [0.5, 0.6) is 0 Å². The minimum absolute atomic E-state index is 0.00520. The number of nitrogens with zero attached hydrogens (tertiary/aromatic N) is 2. The zero-order valence-electron chi connectivity index (χ0n) is 14.2. The van der Waals surface area contributed by atoms with Crippen molar-refractivity contribution in [3.8, 4) is 0 Å². The van der Waals surface area contributed by atoms with Crippen LogP contribution in [0, 0.1) is 12.7 Å². The third kappa shape index (κ3) is 5.07. The highest BCUT2D eigenvalue weighted by molar-refractivity contribution is 7.09. The highest BCUT2D eigenvalue weighted by atomic mass is 32.1. The molecule has 0 radical (unpaired) electrons. The Labute approximate surface area is 150 Å². The number of aryl methyl sites for hydroxylation is 1. The van der Waals surface area contributed by atoms with E-state index in [1.807, 2.05) is 12.3 Å². The van der Waals surface area contributed by atoms with Crippen molar-refractivity contribution in [2.45, 2.75) is 19.4 Å². The van der Waals surface area contributed by atoms with E-state index in [2.05, 4.69) is 15.2 Å². The first-order chi connectivity index (χ1) is 12.1. The Morgan fingerprint density at radius 3 is 2.72 bits per heavy atom. The SMILES string of the molecule is Cc1nc(CC(=O)NCC(c2ccc(F)cc2)N2CCOCC2)cs1. The third-order valence-electron chi connectivity index (χ3n) is 4.24. The fraction of sp³-hybridized carbons (Fsp3) is 0.444. The summed E-state index contributed by atoms with van der Waals surface area (Å²) in [6, 6.07) is 6.49. The number of morpholine rings is 1. The van der Waals surface area contributed by atoms with Crippen molar-refractivity contribution in [3.63, 3.8) is 0 Å². The van der Waals surface area contributed by atoms with Crippen molar-refractivity contribution in [1.29, 1.82) is 0 Å². The maximum atomic E-state index is 13.2. The van der Waals surface area contributed by atoms with Crippen LogP contribution >= 0.6 is 11.3 Å². The zero-order chi connectivity index (χ0) is 17.6. The molecule has 7 heteroatoms. The average molecular weight is 363 g/mol. The Kier molecular flexibility index (Phi) is 6.12. The molecule has 2 aromatic rings. The monoisotopic (exact) mass is 363 g/mol. The number of halogens is 1. The molecule has 2 heterocycles. The summed E-state index contributed by atoms with van der Waals surface area (Å²) >= 11 is 1.54. The van der Waals surface area contributed by atoms with E-state index >= 15 is 0 Å². The molecule has 0 saturated carbocycles. The maximum Gasteiger partial charge on any atom is 0.226 e. The van der Waals surface area contributed by atoms with Crippen LogP contribution in [0.25, 0.3) is 0 Å². The van der Waals surface area contributed by atoms with Gasteiger partial charge in [0.25, 0.3) is 0 Å². The lowest BCUT2D eigenvalue weighted by Crippen LogP contribution is -2.44. The number of benzene rings is 1. The second-order valence-electron chi connectivity index (χ2n) is 6.05. The molecule has 1 amide bonds. The first-order valence-electron chi connectivity index (χ1n) is 8.37. The van der Waals surface area contributed by atoms with Gasteiger partial charge in [0.1, 0.15) is 5.82 Å². The van der Waals surface area contributed by atoms with Gasteiger partial charge in [0, 0.05) is 25.0 Å². The van der Waals surface area contributed by atoms with E-state index < -0.39 is 0 Å². The van der Waals surface area contributed by atoms with E-state index in [1.54, 1.807) is 23.5 Å². The number of thiazole rings is 1. The standard InChI is InChI=1S/C18H22FN3O2S/c1-13-21-16(12-25-13)10-18(23)20-11-17(22-6-8-24-9-7-22)14-2-4-15(19)5-3-14/h2-5,12,17H,6-11H2,1H3,(H,20,23). The van der Waals surface area contributed by atoms with Gasteiger partial charge in [-0.2, -0.15) is 0 Å². The lowest BCUT2D eigenvalue weighted by molar-refractivity contribution is -0.120. The first kappa shape index (κ1) is 18.0. The Morgan fingerprint density at radius 2 is 2.08 bits per heavy atom. The summed E-state index contributed by atoms with van der Waals surface area (Å²) in [5.41, 5.74) is 1.79. The molecule has 3 rings (SSSR count). The minimum atomic E-state index is -0.257. The molecule has 0 bridgehead atoms. The number of aromatic nitrogens is 1. The molecule has 5 nitrogen and oxygen atoms in total. The second kappa shape index (κ2) is 8.51. The van der Waals surface area contributed by atoms with Gasteiger partial charge in [0.15, 0.2) is 0 Å². The number of carbonyl (C=O) groups excluding carboxylic acids is 1. The van der Waals surface area contributed by atoms with Crippen LogP contribution in [0.1, 0.15) is 22.3 Å². The van der Waals surface area contributed by atoms with E-state index in [0.717, 1.165) is 29.4 Å². The summed E-state index contributed by atoms with van der Waals surface area (Å²) in [6.45, 7) is 5.34. The number of carbonyl (C=O) groups is 1. The number of nitrogens with one attached hydrogen (secondary N) is 1. The van der Waals surface area contributed by atoms with Crippen molar-refractivity contribution in [2.75, 3.05) is 32.8 Å². The van der Waals surface area contributed by atoms with Crippen molar-refractivity contribution >= 4 is 17.2 Å². The zero-order valence-corrected chi connectivity index (χ0v) is 15.0. The van der Waals surface area contributed by atoms with E-state index in [9.17, 15) is 9.18 Å². The van der Waals surface area contributed by atoms with Gasteiger partial charge < -0.3 is 10.1 Å². The predicted molar refractivity (Wildman–Crippen MR) is 95.1 cm³/mol.